The fraction of sp³-hybridized carbons (Fsp3) is 0.375. The molecule has 1 unspecified atom stereocenters. The Hall–Kier alpha value is -2.51. The highest BCUT2D eigenvalue weighted by Crippen LogP contribution is 2.37. The molecule has 0 aliphatic carbocycles. The molecule has 1 atom stereocenters. The predicted molar refractivity (Wildman–Crippen MR) is 80.1 cm³/mol. The monoisotopic (exact) mass is 339 g/mol. The number of aromatic nitrogens is 2. The summed E-state index contributed by atoms with van der Waals surface area (Å²) in [4.78, 5) is 14.5. The number of ether oxygens (including phenoxy) is 1. The number of fused-ring (bicyclic) bond motifs is 3. The molecule has 0 radical (unpaired) electrons. The lowest BCUT2D eigenvalue weighted by Crippen LogP contribution is -2.12. The van der Waals surface area contributed by atoms with Crippen molar-refractivity contribution >= 4 is 6.09 Å². The van der Waals surface area contributed by atoms with E-state index in [4.69, 9.17) is 10.5 Å². The number of nitrogens with two attached hydrogens (primary N) is 1. The topological polar surface area (TPSA) is 70.1 Å². The standard InChI is InChI=1S/C16H16F3N3O2/c1-9-2-4-11-6-10(8-24-15(20)23)3-5-12(11)14-21-13(7-22(9)14)16(17,18)19/h3,5-7,9H,2,4,8H2,1H3,(H2,20,23). The average Bonchev–Trinajstić information content (AvgIpc) is 2.91. The minimum absolute atomic E-state index is 0.0282. The van der Waals surface area contributed by atoms with E-state index in [-0.39, 0.29) is 12.6 Å². The number of primary amides is 1. The Morgan fingerprint density at radius 1 is 1.46 bits per heavy atom. The number of carbonyl (C=O) groups is 1. The molecule has 1 aromatic heterocycles. The highest BCUT2D eigenvalue weighted by molar-refractivity contribution is 5.65. The van der Waals surface area contributed by atoms with E-state index in [1.54, 1.807) is 16.7 Å². The van der Waals surface area contributed by atoms with E-state index in [0.717, 1.165) is 17.3 Å². The van der Waals surface area contributed by atoms with Crippen LogP contribution >= 0.6 is 0 Å². The van der Waals surface area contributed by atoms with Gasteiger partial charge in [-0.3, -0.25) is 0 Å². The molecular formula is C16H16F3N3O2. The number of rotatable bonds is 2. The van der Waals surface area contributed by atoms with E-state index >= 15 is 0 Å². The van der Waals surface area contributed by atoms with E-state index in [1.165, 1.54) is 0 Å². The third-order valence-electron chi connectivity index (χ3n) is 4.12. The molecule has 1 aromatic carbocycles. The fourth-order valence-corrected chi connectivity index (χ4v) is 2.89. The molecule has 24 heavy (non-hydrogen) atoms. The van der Waals surface area contributed by atoms with Crippen LogP contribution in [0.4, 0.5) is 18.0 Å². The van der Waals surface area contributed by atoms with Gasteiger partial charge in [0.2, 0.25) is 0 Å². The zero-order valence-corrected chi connectivity index (χ0v) is 12.9. The SMILES string of the molecule is CC1CCc2cc(COC(N)=O)ccc2-c2nc(C(F)(F)F)cn21. The van der Waals surface area contributed by atoms with Gasteiger partial charge in [-0.2, -0.15) is 13.2 Å². The molecule has 0 bridgehead atoms. The smallest absolute Gasteiger partial charge is 0.434 e. The number of carbonyl (C=O) groups excluding carboxylic acids is 1. The molecule has 1 aliphatic heterocycles. The lowest BCUT2D eigenvalue weighted by atomic mass is 10.00. The van der Waals surface area contributed by atoms with Crippen molar-refractivity contribution < 1.29 is 22.7 Å². The van der Waals surface area contributed by atoms with Crippen LogP contribution in [-0.4, -0.2) is 15.6 Å². The summed E-state index contributed by atoms with van der Waals surface area (Å²) in [6, 6.07) is 5.14. The van der Waals surface area contributed by atoms with E-state index in [9.17, 15) is 18.0 Å². The quantitative estimate of drug-likeness (QED) is 0.907. The zero-order valence-electron chi connectivity index (χ0n) is 12.9. The van der Waals surface area contributed by atoms with Gasteiger partial charge in [0.1, 0.15) is 12.4 Å². The third-order valence-corrected chi connectivity index (χ3v) is 4.12. The highest BCUT2D eigenvalue weighted by atomic mass is 19.4. The van der Waals surface area contributed by atoms with Crippen molar-refractivity contribution in [3.8, 4) is 11.4 Å². The lowest BCUT2D eigenvalue weighted by Gasteiger charge is -2.11. The van der Waals surface area contributed by atoms with Gasteiger partial charge in [-0.25, -0.2) is 9.78 Å². The summed E-state index contributed by atoms with van der Waals surface area (Å²) in [6.45, 7) is 1.90. The van der Waals surface area contributed by atoms with Crippen LogP contribution in [0.15, 0.2) is 24.4 Å². The Morgan fingerprint density at radius 2 is 2.21 bits per heavy atom. The number of nitrogens with zero attached hydrogens (tertiary/aromatic N) is 2. The van der Waals surface area contributed by atoms with Gasteiger partial charge >= 0.3 is 12.3 Å². The summed E-state index contributed by atoms with van der Waals surface area (Å²) < 4.78 is 45.3. The van der Waals surface area contributed by atoms with E-state index < -0.39 is 18.0 Å². The minimum atomic E-state index is -4.48. The summed E-state index contributed by atoms with van der Waals surface area (Å²) in [6.07, 6.45) is -2.89. The molecule has 2 aromatic rings. The van der Waals surface area contributed by atoms with Crippen molar-refractivity contribution in [1.82, 2.24) is 9.55 Å². The minimum Gasteiger partial charge on any atom is -0.445 e. The Morgan fingerprint density at radius 3 is 2.88 bits per heavy atom. The molecule has 8 heteroatoms. The molecule has 0 fully saturated rings. The van der Waals surface area contributed by atoms with Crippen LogP contribution in [-0.2, 0) is 23.9 Å². The number of aryl methyl sites for hydroxylation is 1. The van der Waals surface area contributed by atoms with Crippen LogP contribution in [0.3, 0.4) is 0 Å². The summed E-state index contributed by atoms with van der Waals surface area (Å²) in [5, 5.41) is 0. The van der Waals surface area contributed by atoms with Crippen molar-refractivity contribution in [2.24, 2.45) is 5.73 Å². The molecular weight excluding hydrogens is 323 g/mol. The van der Waals surface area contributed by atoms with Gasteiger partial charge in [0.25, 0.3) is 0 Å². The number of imidazole rings is 1. The molecule has 128 valence electrons. The fourth-order valence-electron chi connectivity index (χ4n) is 2.89. The number of alkyl halides is 3. The number of hydrogen-bond donors (Lipinski definition) is 1. The van der Waals surface area contributed by atoms with Crippen LogP contribution < -0.4 is 5.73 Å². The van der Waals surface area contributed by atoms with Crippen LogP contribution in [0.2, 0.25) is 0 Å². The van der Waals surface area contributed by atoms with Crippen molar-refractivity contribution in [2.75, 3.05) is 0 Å². The highest BCUT2D eigenvalue weighted by Gasteiger charge is 2.36. The zero-order chi connectivity index (χ0) is 17.5. The first-order chi connectivity index (χ1) is 11.3. The molecule has 5 nitrogen and oxygen atoms in total. The molecule has 1 amide bonds. The molecule has 0 saturated carbocycles. The number of halogens is 3. The van der Waals surface area contributed by atoms with Gasteiger partial charge < -0.3 is 15.0 Å². The Bertz CT molecular complexity index is 783. The molecule has 2 heterocycles. The second kappa shape index (κ2) is 5.85. The number of hydrogen-bond acceptors (Lipinski definition) is 3. The molecule has 0 spiro atoms. The predicted octanol–water partition coefficient (Wildman–Crippen LogP) is 3.67. The van der Waals surface area contributed by atoms with Crippen LogP contribution in [0, 0.1) is 0 Å². The van der Waals surface area contributed by atoms with E-state index in [1.807, 2.05) is 13.0 Å². The first-order valence-corrected chi connectivity index (χ1v) is 7.46. The molecule has 1 aliphatic rings. The van der Waals surface area contributed by atoms with Gasteiger partial charge in [0, 0.05) is 17.8 Å². The average molecular weight is 339 g/mol. The molecule has 2 N–H and O–H groups in total. The molecule has 3 rings (SSSR count). The first kappa shape index (κ1) is 16.4. The maximum Gasteiger partial charge on any atom is 0.434 e. The van der Waals surface area contributed by atoms with E-state index in [0.29, 0.717) is 24.2 Å². The summed E-state index contributed by atoms with van der Waals surface area (Å²) in [7, 11) is 0. The van der Waals surface area contributed by atoms with Crippen molar-refractivity contribution in [3.63, 3.8) is 0 Å². The largest absolute Gasteiger partial charge is 0.445 e. The van der Waals surface area contributed by atoms with E-state index in [2.05, 4.69) is 4.98 Å². The number of amides is 1. The Balaban J connectivity index is 2.03. The van der Waals surface area contributed by atoms with Gasteiger partial charge in [0.15, 0.2) is 5.69 Å². The van der Waals surface area contributed by atoms with Crippen molar-refractivity contribution in [3.05, 3.63) is 41.2 Å². The lowest BCUT2D eigenvalue weighted by molar-refractivity contribution is -0.140. The van der Waals surface area contributed by atoms with Crippen LogP contribution in [0.5, 0.6) is 0 Å². The first-order valence-electron chi connectivity index (χ1n) is 7.46. The normalized spacial score (nSPS) is 16.9. The maximum absolute atomic E-state index is 13.0. The van der Waals surface area contributed by atoms with Gasteiger partial charge in [0.05, 0.1) is 0 Å². The third kappa shape index (κ3) is 3.08. The summed E-state index contributed by atoms with van der Waals surface area (Å²) in [5.41, 5.74) is 6.33. The second-order valence-electron chi connectivity index (χ2n) is 5.84. The number of benzene rings is 1. The molecule has 0 saturated heterocycles. The Kier molecular flexibility index (Phi) is 3.98. The van der Waals surface area contributed by atoms with Crippen molar-refractivity contribution in [2.45, 2.75) is 38.6 Å². The van der Waals surface area contributed by atoms with Gasteiger partial charge in [-0.05, 0) is 30.9 Å². The van der Waals surface area contributed by atoms with Crippen molar-refractivity contribution in [1.29, 1.82) is 0 Å². The van der Waals surface area contributed by atoms with Gasteiger partial charge in [-0.1, -0.05) is 18.2 Å². The van der Waals surface area contributed by atoms with Crippen LogP contribution in [0.25, 0.3) is 11.4 Å². The Labute approximate surface area is 136 Å². The second-order valence-corrected chi connectivity index (χ2v) is 5.84. The van der Waals surface area contributed by atoms with Crippen LogP contribution in [0.1, 0.15) is 36.2 Å². The van der Waals surface area contributed by atoms with Gasteiger partial charge in [-0.15, -0.1) is 0 Å². The maximum atomic E-state index is 13.0. The summed E-state index contributed by atoms with van der Waals surface area (Å²) in [5.74, 6) is 0.310. The summed E-state index contributed by atoms with van der Waals surface area (Å²) >= 11 is 0.